The molecule has 15 heavy (non-hydrogen) atoms. The smallest absolute Gasteiger partial charge is 0.331 e. The van der Waals surface area contributed by atoms with Crippen molar-refractivity contribution in [3.63, 3.8) is 0 Å². The van der Waals surface area contributed by atoms with Crippen molar-refractivity contribution < 1.29 is 9.53 Å². The van der Waals surface area contributed by atoms with Gasteiger partial charge in [0.2, 0.25) is 0 Å². The second-order valence-electron chi connectivity index (χ2n) is 4.33. The van der Waals surface area contributed by atoms with Crippen LogP contribution in [-0.2, 0) is 9.53 Å². The SMILES string of the molecule is Cc1ccsc1C=CC(=O)OC(C)(C)C. The topological polar surface area (TPSA) is 26.3 Å². The monoisotopic (exact) mass is 224 g/mol. The van der Waals surface area contributed by atoms with E-state index >= 15 is 0 Å². The number of carbonyl (C=O) groups is 1. The lowest BCUT2D eigenvalue weighted by atomic mass is 10.2. The summed E-state index contributed by atoms with van der Waals surface area (Å²) in [4.78, 5) is 12.5. The van der Waals surface area contributed by atoms with Gasteiger partial charge in [-0.25, -0.2) is 4.79 Å². The zero-order chi connectivity index (χ0) is 11.5. The highest BCUT2D eigenvalue weighted by atomic mass is 32.1. The zero-order valence-electron chi connectivity index (χ0n) is 9.53. The first-order chi connectivity index (χ1) is 6.88. The van der Waals surface area contributed by atoms with Gasteiger partial charge in [0.05, 0.1) is 0 Å². The predicted molar refractivity (Wildman–Crippen MR) is 63.9 cm³/mol. The predicted octanol–water partition coefficient (Wildman–Crippen LogP) is 3.41. The fourth-order valence-corrected chi connectivity index (χ4v) is 1.85. The third kappa shape index (κ3) is 4.30. The molecule has 2 nitrogen and oxygen atoms in total. The molecule has 1 aromatic heterocycles. The Bertz CT molecular complexity index is 369. The molecule has 0 N–H and O–H groups in total. The van der Waals surface area contributed by atoms with E-state index in [-0.39, 0.29) is 5.97 Å². The van der Waals surface area contributed by atoms with Gasteiger partial charge < -0.3 is 4.74 Å². The van der Waals surface area contributed by atoms with Gasteiger partial charge in [-0.1, -0.05) is 0 Å². The second kappa shape index (κ2) is 4.62. The molecule has 1 heterocycles. The van der Waals surface area contributed by atoms with Crippen molar-refractivity contribution in [1.29, 1.82) is 0 Å². The van der Waals surface area contributed by atoms with Crippen molar-refractivity contribution >= 4 is 23.4 Å². The molecular formula is C12H16O2S. The molecule has 1 aromatic rings. The number of hydrogen-bond acceptors (Lipinski definition) is 3. The average Bonchev–Trinajstić information content (AvgIpc) is 2.44. The van der Waals surface area contributed by atoms with Crippen molar-refractivity contribution in [2.75, 3.05) is 0 Å². The number of rotatable bonds is 2. The van der Waals surface area contributed by atoms with Gasteiger partial charge in [0.1, 0.15) is 5.60 Å². The van der Waals surface area contributed by atoms with Crippen molar-refractivity contribution in [2.45, 2.75) is 33.3 Å². The van der Waals surface area contributed by atoms with E-state index in [2.05, 4.69) is 0 Å². The number of thiophene rings is 1. The quantitative estimate of drug-likeness (QED) is 0.568. The van der Waals surface area contributed by atoms with Crippen LogP contribution in [0.5, 0.6) is 0 Å². The first-order valence-corrected chi connectivity index (χ1v) is 5.71. The Balaban J connectivity index is 2.59. The summed E-state index contributed by atoms with van der Waals surface area (Å²) in [6.45, 7) is 7.59. The molecule has 0 spiro atoms. The van der Waals surface area contributed by atoms with Crippen molar-refractivity contribution in [1.82, 2.24) is 0 Å². The van der Waals surface area contributed by atoms with Crippen LogP contribution < -0.4 is 0 Å². The van der Waals surface area contributed by atoms with E-state index in [4.69, 9.17) is 4.74 Å². The third-order valence-corrected chi connectivity index (χ3v) is 2.66. The Labute approximate surface area is 94.6 Å². The lowest BCUT2D eigenvalue weighted by molar-refractivity contribution is -0.148. The van der Waals surface area contributed by atoms with Crippen molar-refractivity contribution in [3.05, 3.63) is 28.0 Å². The van der Waals surface area contributed by atoms with E-state index in [1.165, 1.54) is 11.6 Å². The number of ether oxygens (including phenoxy) is 1. The lowest BCUT2D eigenvalue weighted by Gasteiger charge is -2.17. The van der Waals surface area contributed by atoms with E-state index in [9.17, 15) is 4.79 Å². The van der Waals surface area contributed by atoms with Gasteiger partial charge in [0.25, 0.3) is 0 Å². The minimum Gasteiger partial charge on any atom is -0.457 e. The molecule has 0 aliphatic heterocycles. The zero-order valence-corrected chi connectivity index (χ0v) is 10.4. The molecule has 0 saturated heterocycles. The van der Waals surface area contributed by atoms with Gasteiger partial charge in [-0.2, -0.15) is 0 Å². The van der Waals surface area contributed by atoms with Crippen LogP contribution in [0.1, 0.15) is 31.2 Å². The Hall–Kier alpha value is -1.09. The summed E-state index contributed by atoms with van der Waals surface area (Å²) in [5.41, 5.74) is 0.756. The maximum absolute atomic E-state index is 11.4. The van der Waals surface area contributed by atoms with Crippen LogP contribution in [0.3, 0.4) is 0 Å². The summed E-state index contributed by atoms with van der Waals surface area (Å²) in [5, 5.41) is 2.00. The van der Waals surface area contributed by atoms with E-state index in [0.717, 1.165) is 4.88 Å². The van der Waals surface area contributed by atoms with Crippen LogP contribution in [0.25, 0.3) is 6.08 Å². The maximum Gasteiger partial charge on any atom is 0.331 e. The minimum absolute atomic E-state index is 0.296. The summed E-state index contributed by atoms with van der Waals surface area (Å²) >= 11 is 1.61. The Kier molecular flexibility index (Phi) is 3.69. The Morgan fingerprint density at radius 2 is 2.13 bits per heavy atom. The molecule has 0 saturated carbocycles. The van der Waals surface area contributed by atoms with Crippen molar-refractivity contribution in [3.8, 4) is 0 Å². The van der Waals surface area contributed by atoms with Crippen LogP contribution in [0.15, 0.2) is 17.5 Å². The number of hydrogen-bond donors (Lipinski definition) is 0. The van der Waals surface area contributed by atoms with E-state index < -0.39 is 5.60 Å². The Morgan fingerprint density at radius 3 is 2.60 bits per heavy atom. The highest BCUT2D eigenvalue weighted by Gasteiger charge is 2.13. The fraction of sp³-hybridized carbons (Fsp3) is 0.417. The number of esters is 1. The van der Waals surface area contributed by atoms with E-state index in [1.807, 2.05) is 39.1 Å². The average molecular weight is 224 g/mol. The molecule has 0 unspecified atom stereocenters. The molecule has 0 atom stereocenters. The second-order valence-corrected chi connectivity index (χ2v) is 5.28. The van der Waals surface area contributed by atoms with Crippen LogP contribution in [0, 0.1) is 6.92 Å². The summed E-state index contributed by atoms with van der Waals surface area (Å²) in [6, 6.07) is 2.03. The van der Waals surface area contributed by atoms with Crippen LogP contribution in [0.4, 0.5) is 0 Å². The number of aryl methyl sites for hydroxylation is 1. The molecule has 0 fully saturated rings. The summed E-state index contributed by atoms with van der Waals surface area (Å²) in [7, 11) is 0. The van der Waals surface area contributed by atoms with Crippen LogP contribution in [0.2, 0.25) is 0 Å². The fourth-order valence-electron chi connectivity index (χ4n) is 1.03. The number of carbonyl (C=O) groups excluding carboxylic acids is 1. The van der Waals surface area contributed by atoms with Crippen molar-refractivity contribution in [2.24, 2.45) is 0 Å². The van der Waals surface area contributed by atoms with E-state index in [0.29, 0.717) is 0 Å². The first kappa shape index (κ1) is 12.0. The van der Waals surface area contributed by atoms with Gasteiger partial charge in [-0.15, -0.1) is 11.3 Å². The molecule has 1 rings (SSSR count). The molecule has 0 aliphatic carbocycles. The summed E-state index contributed by atoms with van der Waals surface area (Å²) in [5.74, 6) is -0.296. The molecule has 0 aromatic carbocycles. The van der Waals surface area contributed by atoms with Crippen LogP contribution in [-0.4, -0.2) is 11.6 Å². The standard InChI is InChI=1S/C12H16O2S/c1-9-7-8-15-10(9)5-6-11(13)14-12(2,3)4/h5-8H,1-4H3. The van der Waals surface area contributed by atoms with Gasteiger partial charge in [0.15, 0.2) is 0 Å². The molecule has 0 radical (unpaired) electrons. The Morgan fingerprint density at radius 1 is 1.47 bits per heavy atom. The van der Waals surface area contributed by atoms with Crippen LogP contribution >= 0.6 is 11.3 Å². The van der Waals surface area contributed by atoms with Gasteiger partial charge >= 0.3 is 5.97 Å². The largest absolute Gasteiger partial charge is 0.457 e. The molecular weight excluding hydrogens is 208 g/mol. The maximum atomic E-state index is 11.4. The van der Waals surface area contributed by atoms with E-state index in [1.54, 1.807) is 17.4 Å². The lowest BCUT2D eigenvalue weighted by Crippen LogP contribution is -2.22. The summed E-state index contributed by atoms with van der Waals surface area (Å²) in [6.07, 6.45) is 3.28. The molecule has 0 aliphatic rings. The third-order valence-electron chi connectivity index (χ3n) is 1.68. The molecule has 0 bridgehead atoms. The van der Waals surface area contributed by atoms with Gasteiger partial charge in [-0.05, 0) is 50.8 Å². The first-order valence-electron chi connectivity index (χ1n) is 4.83. The van der Waals surface area contributed by atoms with Gasteiger partial charge in [0, 0.05) is 11.0 Å². The highest BCUT2D eigenvalue weighted by Crippen LogP contribution is 2.17. The molecule has 82 valence electrons. The normalized spacial score (nSPS) is 12.0. The van der Waals surface area contributed by atoms with Gasteiger partial charge in [-0.3, -0.25) is 0 Å². The minimum atomic E-state index is -0.425. The highest BCUT2D eigenvalue weighted by molar-refractivity contribution is 7.11. The summed E-state index contributed by atoms with van der Waals surface area (Å²) < 4.78 is 5.15. The molecule has 3 heteroatoms. The molecule has 0 amide bonds.